The third-order valence-corrected chi connectivity index (χ3v) is 6.39. The highest BCUT2D eigenvalue weighted by atomic mass is 35.5. The van der Waals surface area contributed by atoms with Crippen molar-refractivity contribution in [3.63, 3.8) is 0 Å². The molecule has 190 valence electrons. The van der Waals surface area contributed by atoms with E-state index in [0.717, 1.165) is 0 Å². The van der Waals surface area contributed by atoms with Crippen LogP contribution in [0.2, 0.25) is 5.02 Å². The van der Waals surface area contributed by atoms with Crippen molar-refractivity contribution in [2.24, 2.45) is 0 Å². The predicted molar refractivity (Wildman–Crippen MR) is 138 cm³/mol. The largest absolute Gasteiger partial charge is 0.507 e. The van der Waals surface area contributed by atoms with Crippen molar-refractivity contribution < 1.29 is 33.7 Å². The summed E-state index contributed by atoms with van der Waals surface area (Å²) in [7, 11) is 4.30. The molecule has 1 amide bonds. The zero-order valence-corrected chi connectivity index (χ0v) is 21.1. The molecule has 1 aliphatic heterocycles. The summed E-state index contributed by atoms with van der Waals surface area (Å²) in [5.74, 6) is -1.42. The molecule has 0 aromatic heterocycles. The van der Waals surface area contributed by atoms with Crippen LogP contribution in [0.25, 0.3) is 5.76 Å². The van der Waals surface area contributed by atoms with Gasteiger partial charge in [0, 0.05) is 11.3 Å². The zero-order valence-electron chi connectivity index (χ0n) is 20.4. The lowest BCUT2D eigenvalue weighted by molar-refractivity contribution is -0.139. The Labute approximate surface area is 218 Å². The number of Topliss-reactive ketones (excluding diaryl/α,β-unsaturated/α-hetero) is 1. The summed E-state index contributed by atoms with van der Waals surface area (Å²) < 4.78 is 15.1. The average Bonchev–Trinajstić information content (AvgIpc) is 3.18. The Bertz CT molecular complexity index is 1380. The van der Waals surface area contributed by atoms with Gasteiger partial charge in [-0.15, -0.1) is 0 Å². The van der Waals surface area contributed by atoms with Gasteiger partial charge in [0.15, 0.2) is 0 Å². The molecule has 1 N–H and O–H groups in total. The van der Waals surface area contributed by atoms with Crippen LogP contribution in [-0.4, -0.2) is 44.1 Å². The average molecular weight is 522 g/mol. The molecule has 1 fully saturated rings. The number of anilines is 1. The number of ether oxygens (including phenoxy) is 3. The first kappa shape index (κ1) is 25.8. The van der Waals surface area contributed by atoms with E-state index in [9.17, 15) is 19.5 Å². The second-order valence-corrected chi connectivity index (χ2v) is 8.62. The molecule has 0 spiro atoms. The van der Waals surface area contributed by atoms with Crippen LogP contribution < -0.4 is 14.4 Å². The number of esters is 1. The van der Waals surface area contributed by atoms with E-state index in [4.69, 9.17) is 25.8 Å². The van der Waals surface area contributed by atoms with Crippen molar-refractivity contribution in [2.75, 3.05) is 26.2 Å². The van der Waals surface area contributed by atoms with Gasteiger partial charge in [0.25, 0.3) is 11.7 Å². The molecule has 3 aromatic carbocycles. The molecule has 1 saturated heterocycles. The van der Waals surface area contributed by atoms with Crippen LogP contribution in [-0.2, 0) is 25.5 Å². The van der Waals surface area contributed by atoms with Crippen molar-refractivity contribution in [3.8, 4) is 11.5 Å². The van der Waals surface area contributed by atoms with Gasteiger partial charge in [-0.1, -0.05) is 35.9 Å². The number of hydrogen-bond acceptors (Lipinski definition) is 7. The molecule has 1 unspecified atom stereocenters. The third kappa shape index (κ3) is 5.01. The zero-order chi connectivity index (χ0) is 26.7. The summed E-state index contributed by atoms with van der Waals surface area (Å²) in [6.07, 6.45) is 0.0652. The second kappa shape index (κ2) is 10.8. The number of amides is 1. The molecule has 8 nitrogen and oxygen atoms in total. The Kier molecular flexibility index (Phi) is 7.50. The lowest BCUT2D eigenvalue weighted by atomic mass is 9.95. The molecule has 0 aliphatic carbocycles. The summed E-state index contributed by atoms with van der Waals surface area (Å²) in [5, 5.41) is 11.5. The first-order chi connectivity index (χ1) is 17.8. The fourth-order valence-corrected chi connectivity index (χ4v) is 4.44. The second-order valence-electron chi connectivity index (χ2n) is 8.21. The van der Waals surface area contributed by atoms with Crippen LogP contribution in [0.5, 0.6) is 11.5 Å². The molecule has 9 heteroatoms. The Morgan fingerprint density at radius 1 is 0.946 bits per heavy atom. The van der Waals surface area contributed by atoms with Crippen molar-refractivity contribution in [3.05, 3.63) is 94.0 Å². The van der Waals surface area contributed by atoms with E-state index < -0.39 is 23.7 Å². The van der Waals surface area contributed by atoms with Crippen LogP contribution in [0.1, 0.15) is 22.7 Å². The lowest BCUT2D eigenvalue weighted by Gasteiger charge is -2.25. The number of nitrogens with zero attached hydrogens (tertiary/aromatic N) is 1. The number of halogens is 1. The van der Waals surface area contributed by atoms with Gasteiger partial charge in [-0.3, -0.25) is 19.3 Å². The van der Waals surface area contributed by atoms with Crippen molar-refractivity contribution in [1.82, 2.24) is 0 Å². The number of hydrogen-bond donors (Lipinski definition) is 1. The highest BCUT2D eigenvalue weighted by molar-refractivity contribution is 6.51. The maximum atomic E-state index is 13.3. The first-order valence-electron chi connectivity index (χ1n) is 11.2. The normalized spacial score (nSPS) is 16.5. The predicted octanol–water partition coefficient (Wildman–Crippen LogP) is 4.70. The fourth-order valence-electron chi connectivity index (χ4n) is 4.18. The minimum atomic E-state index is -0.932. The molecule has 0 saturated carbocycles. The SMILES string of the molecule is COC(=O)Cc1ccc(N2C(=O)C(=O)/C(=C(\O)c3ccc(OC)c(Cl)c3)C2c2ccc(OC)cc2)cc1. The number of carbonyl (C=O) groups excluding carboxylic acids is 3. The summed E-state index contributed by atoms with van der Waals surface area (Å²) in [4.78, 5) is 39.6. The third-order valence-electron chi connectivity index (χ3n) is 6.09. The summed E-state index contributed by atoms with van der Waals surface area (Å²) in [6.45, 7) is 0. The number of methoxy groups -OCH3 is 3. The fraction of sp³-hybridized carbons (Fsp3) is 0.179. The number of rotatable bonds is 7. The van der Waals surface area contributed by atoms with E-state index in [0.29, 0.717) is 28.3 Å². The van der Waals surface area contributed by atoms with Crippen molar-refractivity contribution in [1.29, 1.82) is 0 Å². The van der Waals surface area contributed by atoms with Crippen LogP contribution in [0.15, 0.2) is 72.3 Å². The number of aliphatic hydroxyl groups excluding tert-OH is 1. The van der Waals surface area contributed by atoms with Gasteiger partial charge in [0.2, 0.25) is 0 Å². The summed E-state index contributed by atoms with van der Waals surface area (Å²) in [5.41, 5.74) is 1.86. The maximum Gasteiger partial charge on any atom is 0.309 e. The highest BCUT2D eigenvalue weighted by Crippen LogP contribution is 2.43. The quantitative estimate of drug-likeness (QED) is 0.208. The van der Waals surface area contributed by atoms with Crippen LogP contribution in [0, 0.1) is 0 Å². The molecule has 37 heavy (non-hydrogen) atoms. The molecule has 1 atom stereocenters. The first-order valence-corrected chi connectivity index (χ1v) is 11.6. The monoisotopic (exact) mass is 521 g/mol. The topological polar surface area (TPSA) is 102 Å². The van der Waals surface area contributed by atoms with E-state index in [1.165, 1.54) is 32.3 Å². The molecule has 1 heterocycles. The Balaban J connectivity index is 1.85. The Morgan fingerprint density at radius 2 is 1.62 bits per heavy atom. The number of aliphatic hydroxyl groups is 1. The van der Waals surface area contributed by atoms with Crippen molar-refractivity contribution in [2.45, 2.75) is 12.5 Å². The summed E-state index contributed by atoms with van der Waals surface area (Å²) >= 11 is 6.25. The highest BCUT2D eigenvalue weighted by Gasteiger charge is 2.47. The van der Waals surface area contributed by atoms with Gasteiger partial charge in [-0.05, 0) is 53.6 Å². The van der Waals surface area contributed by atoms with E-state index in [1.54, 1.807) is 60.7 Å². The number of ketones is 1. The van der Waals surface area contributed by atoms with E-state index in [2.05, 4.69) is 0 Å². The van der Waals surface area contributed by atoms with Crippen LogP contribution in [0.3, 0.4) is 0 Å². The molecular weight excluding hydrogens is 498 g/mol. The smallest absolute Gasteiger partial charge is 0.309 e. The van der Waals surface area contributed by atoms with Crippen LogP contribution >= 0.6 is 11.6 Å². The molecular formula is C28H24ClNO7. The minimum Gasteiger partial charge on any atom is -0.507 e. The molecule has 0 radical (unpaired) electrons. The van der Waals surface area contributed by atoms with Gasteiger partial charge < -0.3 is 19.3 Å². The number of carbonyl (C=O) groups is 3. The maximum absolute atomic E-state index is 13.3. The standard InChI is InChI=1S/C28H24ClNO7/c1-35-20-11-6-17(7-12-20)25-24(26(32)18-8-13-22(36-2)21(29)15-18)27(33)28(34)30(25)19-9-4-16(5-10-19)14-23(31)37-3/h4-13,15,25,32H,14H2,1-3H3/b26-24-. The van der Waals surface area contributed by atoms with E-state index in [1.807, 2.05) is 0 Å². The van der Waals surface area contributed by atoms with Gasteiger partial charge in [0.05, 0.1) is 44.4 Å². The molecule has 3 aromatic rings. The molecule has 4 rings (SSSR count). The van der Waals surface area contributed by atoms with E-state index in [-0.39, 0.29) is 28.3 Å². The summed E-state index contributed by atoms with van der Waals surface area (Å²) in [6, 6.07) is 17.2. The van der Waals surface area contributed by atoms with E-state index >= 15 is 0 Å². The van der Waals surface area contributed by atoms with Crippen molar-refractivity contribution >= 4 is 40.7 Å². The van der Waals surface area contributed by atoms with Gasteiger partial charge in [0.1, 0.15) is 17.3 Å². The lowest BCUT2D eigenvalue weighted by Crippen LogP contribution is -2.29. The number of benzene rings is 3. The Hall–Kier alpha value is -4.30. The van der Waals surface area contributed by atoms with Gasteiger partial charge in [-0.25, -0.2) is 0 Å². The van der Waals surface area contributed by atoms with Crippen LogP contribution in [0.4, 0.5) is 5.69 Å². The minimum absolute atomic E-state index is 0.0652. The Morgan fingerprint density at radius 3 is 2.19 bits per heavy atom. The molecule has 1 aliphatic rings. The van der Waals surface area contributed by atoms with Gasteiger partial charge >= 0.3 is 5.97 Å². The molecule has 0 bridgehead atoms. The van der Waals surface area contributed by atoms with Gasteiger partial charge in [-0.2, -0.15) is 0 Å².